The van der Waals surface area contributed by atoms with Crippen molar-refractivity contribution >= 4 is 22.0 Å². The van der Waals surface area contributed by atoms with Gasteiger partial charge in [0.2, 0.25) is 10.0 Å². The third-order valence-corrected chi connectivity index (χ3v) is 6.59. The Morgan fingerprint density at radius 2 is 1.68 bits per heavy atom. The first-order valence-corrected chi connectivity index (χ1v) is 10.9. The predicted octanol–water partition coefficient (Wildman–Crippen LogP) is 2.91. The number of carbonyl (C=O) groups is 2. The Kier molecular flexibility index (Phi) is 7.22. The maximum Gasteiger partial charge on any atom is 0.321 e. The number of benzene rings is 1. The van der Waals surface area contributed by atoms with Crippen LogP contribution < -0.4 is 0 Å². The number of carbonyl (C=O) groups excluding carboxylic acids is 1. The highest BCUT2D eigenvalue weighted by atomic mass is 32.2. The summed E-state index contributed by atoms with van der Waals surface area (Å²) in [5.74, 6) is -1.77. The van der Waals surface area contributed by atoms with Gasteiger partial charge >= 0.3 is 11.9 Å². The van der Waals surface area contributed by atoms with Crippen molar-refractivity contribution in [2.45, 2.75) is 57.0 Å². The lowest BCUT2D eigenvalue weighted by molar-refractivity contribution is -0.155. The van der Waals surface area contributed by atoms with E-state index < -0.39 is 27.6 Å². The third kappa shape index (κ3) is 6.31. The van der Waals surface area contributed by atoms with E-state index in [1.807, 2.05) is 0 Å². The minimum absolute atomic E-state index is 0.0107. The molecule has 1 fully saturated rings. The summed E-state index contributed by atoms with van der Waals surface area (Å²) in [6.45, 7) is 4.99. The molecule has 1 N–H and O–H groups in total. The van der Waals surface area contributed by atoms with Crippen LogP contribution in [-0.4, -0.2) is 48.5 Å². The van der Waals surface area contributed by atoms with Crippen molar-refractivity contribution in [3.63, 3.8) is 0 Å². The summed E-state index contributed by atoms with van der Waals surface area (Å²) >= 11 is 0. The Bertz CT molecular complexity index is 777. The fourth-order valence-corrected chi connectivity index (χ4v) is 4.87. The van der Waals surface area contributed by atoms with Gasteiger partial charge in [0.05, 0.1) is 10.8 Å². The fourth-order valence-electron chi connectivity index (χ4n) is 3.39. The zero-order valence-electron chi connectivity index (χ0n) is 16.6. The van der Waals surface area contributed by atoms with Gasteiger partial charge in [-0.2, -0.15) is 4.31 Å². The number of ether oxygens (including phenoxy) is 1. The second-order valence-corrected chi connectivity index (χ2v) is 10.2. The Balaban J connectivity index is 2.17. The van der Waals surface area contributed by atoms with E-state index in [1.165, 1.54) is 16.4 Å². The number of aliphatic carboxylic acids is 1. The summed E-state index contributed by atoms with van der Waals surface area (Å²) in [4.78, 5) is 23.6. The molecule has 7 nitrogen and oxygen atoms in total. The van der Waals surface area contributed by atoms with E-state index in [2.05, 4.69) is 0 Å². The van der Waals surface area contributed by atoms with Crippen molar-refractivity contribution in [3.8, 4) is 0 Å². The number of rotatable bonds is 7. The molecular formula is C20H29NO6S. The highest BCUT2D eigenvalue weighted by Crippen LogP contribution is 2.31. The number of hydrogen-bond donors (Lipinski definition) is 1. The monoisotopic (exact) mass is 411 g/mol. The van der Waals surface area contributed by atoms with Crippen LogP contribution in [0.5, 0.6) is 0 Å². The number of nitrogens with zero attached hydrogens (tertiary/aromatic N) is 1. The van der Waals surface area contributed by atoms with Gasteiger partial charge in [-0.25, -0.2) is 8.42 Å². The van der Waals surface area contributed by atoms with Gasteiger partial charge in [-0.05, 0) is 64.5 Å². The van der Waals surface area contributed by atoms with Gasteiger partial charge in [0, 0.05) is 6.54 Å². The molecule has 156 valence electrons. The molecular weight excluding hydrogens is 382 g/mol. The second kappa shape index (κ2) is 9.05. The molecule has 0 bridgehead atoms. The Labute approximate surface area is 166 Å². The van der Waals surface area contributed by atoms with E-state index in [4.69, 9.17) is 9.84 Å². The molecule has 1 aliphatic carbocycles. The van der Waals surface area contributed by atoms with Crippen molar-refractivity contribution in [2.24, 2.45) is 11.8 Å². The van der Waals surface area contributed by atoms with Crippen molar-refractivity contribution in [1.82, 2.24) is 4.31 Å². The third-order valence-electron chi connectivity index (χ3n) is 4.76. The first-order valence-electron chi connectivity index (χ1n) is 9.49. The second-order valence-electron chi connectivity index (χ2n) is 8.25. The topological polar surface area (TPSA) is 101 Å². The van der Waals surface area contributed by atoms with Gasteiger partial charge < -0.3 is 9.84 Å². The van der Waals surface area contributed by atoms with Crippen molar-refractivity contribution in [3.05, 3.63) is 30.3 Å². The van der Waals surface area contributed by atoms with Crippen LogP contribution >= 0.6 is 0 Å². The van der Waals surface area contributed by atoms with Crippen LogP contribution in [0.15, 0.2) is 35.2 Å². The summed E-state index contributed by atoms with van der Waals surface area (Å²) < 4.78 is 32.7. The SMILES string of the molecule is CC(C)(C)OC(=O)CN(CC1CCC(C(=O)O)CC1)S(=O)(=O)c1ccccc1. The Morgan fingerprint density at radius 3 is 2.18 bits per heavy atom. The summed E-state index contributed by atoms with van der Waals surface area (Å²) in [6.07, 6.45) is 2.27. The molecule has 0 aromatic heterocycles. The smallest absolute Gasteiger partial charge is 0.321 e. The van der Waals surface area contributed by atoms with Gasteiger partial charge in [-0.15, -0.1) is 0 Å². The molecule has 28 heavy (non-hydrogen) atoms. The molecule has 0 atom stereocenters. The molecule has 1 aliphatic rings. The van der Waals surface area contributed by atoms with Crippen LogP contribution in [0.1, 0.15) is 46.5 Å². The predicted molar refractivity (Wildman–Crippen MR) is 104 cm³/mol. The lowest BCUT2D eigenvalue weighted by atomic mass is 9.82. The summed E-state index contributed by atoms with van der Waals surface area (Å²) in [6, 6.07) is 8.00. The summed E-state index contributed by atoms with van der Waals surface area (Å²) in [5.41, 5.74) is -0.710. The molecule has 2 rings (SSSR count). The van der Waals surface area contributed by atoms with Gasteiger partial charge in [-0.3, -0.25) is 9.59 Å². The van der Waals surface area contributed by atoms with E-state index in [0.717, 1.165) is 0 Å². The maximum atomic E-state index is 13.1. The Hall–Kier alpha value is -1.93. The molecule has 0 spiro atoms. The van der Waals surface area contributed by atoms with E-state index in [9.17, 15) is 18.0 Å². The quantitative estimate of drug-likeness (QED) is 0.693. The van der Waals surface area contributed by atoms with Crippen molar-refractivity contribution < 1.29 is 27.9 Å². The van der Waals surface area contributed by atoms with Gasteiger partial charge in [0.1, 0.15) is 12.1 Å². The van der Waals surface area contributed by atoms with Crippen molar-refractivity contribution in [1.29, 1.82) is 0 Å². The minimum atomic E-state index is -3.86. The number of esters is 1. The van der Waals surface area contributed by atoms with E-state index in [-0.39, 0.29) is 29.8 Å². The molecule has 0 saturated heterocycles. The molecule has 8 heteroatoms. The molecule has 0 unspecified atom stereocenters. The molecule has 0 aliphatic heterocycles. The molecule has 1 aromatic rings. The zero-order chi connectivity index (χ0) is 20.9. The largest absolute Gasteiger partial charge is 0.481 e. The Morgan fingerprint density at radius 1 is 1.11 bits per heavy atom. The number of sulfonamides is 1. The highest BCUT2D eigenvalue weighted by molar-refractivity contribution is 7.89. The van der Waals surface area contributed by atoms with Crippen LogP contribution in [0.4, 0.5) is 0 Å². The van der Waals surface area contributed by atoms with Gasteiger partial charge in [-0.1, -0.05) is 18.2 Å². The standard InChI is InChI=1S/C20H29NO6S/c1-20(2,3)27-18(22)14-21(28(25,26)17-7-5-4-6-8-17)13-15-9-11-16(12-10-15)19(23)24/h4-8,15-16H,9-14H2,1-3H3,(H,23,24). The first kappa shape index (κ1) is 22.4. The highest BCUT2D eigenvalue weighted by Gasteiger charge is 2.33. The van der Waals surface area contributed by atoms with Gasteiger partial charge in [0.25, 0.3) is 0 Å². The number of carboxylic acids is 1. The lowest BCUT2D eigenvalue weighted by Crippen LogP contribution is -2.42. The average molecular weight is 412 g/mol. The van der Waals surface area contributed by atoms with Crippen molar-refractivity contribution in [2.75, 3.05) is 13.1 Å². The zero-order valence-corrected chi connectivity index (χ0v) is 17.4. The van der Waals surface area contributed by atoms with Crippen LogP contribution in [0.2, 0.25) is 0 Å². The fraction of sp³-hybridized carbons (Fsp3) is 0.600. The summed E-state index contributed by atoms with van der Waals surface area (Å²) in [5, 5.41) is 9.14. The number of carboxylic acid groups (broad SMARTS) is 1. The normalized spacial score (nSPS) is 20.7. The molecule has 0 amide bonds. The summed E-state index contributed by atoms with van der Waals surface area (Å²) in [7, 11) is -3.86. The first-order chi connectivity index (χ1) is 13.0. The lowest BCUT2D eigenvalue weighted by Gasteiger charge is -2.31. The van der Waals surface area contributed by atoms with Gasteiger partial charge in [0.15, 0.2) is 0 Å². The van der Waals surface area contributed by atoms with Crippen LogP contribution in [-0.2, 0) is 24.3 Å². The average Bonchev–Trinajstić information content (AvgIpc) is 2.60. The van der Waals surface area contributed by atoms with E-state index in [0.29, 0.717) is 25.7 Å². The van der Waals surface area contributed by atoms with Crippen LogP contribution in [0, 0.1) is 11.8 Å². The molecule has 0 heterocycles. The molecule has 0 radical (unpaired) electrons. The minimum Gasteiger partial charge on any atom is -0.481 e. The van der Waals surface area contributed by atoms with E-state index >= 15 is 0 Å². The van der Waals surface area contributed by atoms with Crippen LogP contribution in [0.25, 0.3) is 0 Å². The van der Waals surface area contributed by atoms with Crippen LogP contribution in [0.3, 0.4) is 0 Å². The van der Waals surface area contributed by atoms with E-state index in [1.54, 1.807) is 39.0 Å². The molecule has 1 saturated carbocycles. The number of hydrogen-bond acceptors (Lipinski definition) is 5. The maximum absolute atomic E-state index is 13.1. The molecule has 1 aromatic carbocycles.